The van der Waals surface area contributed by atoms with E-state index in [9.17, 15) is 4.79 Å². The van der Waals surface area contributed by atoms with Crippen molar-refractivity contribution in [1.29, 1.82) is 0 Å². The van der Waals surface area contributed by atoms with E-state index in [1.807, 2.05) is 32.0 Å². The van der Waals surface area contributed by atoms with Gasteiger partial charge in [0, 0.05) is 12.2 Å². The molecule has 0 aliphatic heterocycles. The molecule has 1 aromatic rings. The Labute approximate surface area is 96.0 Å². The van der Waals surface area contributed by atoms with E-state index in [0.717, 1.165) is 5.56 Å². The van der Waals surface area contributed by atoms with Gasteiger partial charge in [0.1, 0.15) is 6.61 Å². The lowest BCUT2D eigenvalue weighted by Crippen LogP contribution is -2.20. The molecule has 0 aromatic heterocycles. The second-order valence-corrected chi connectivity index (χ2v) is 4.07. The molecule has 0 heterocycles. The molecule has 1 rings (SSSR count). The molecule has 0 atom stereocenters. The van der Waals surface area contributed by atoms with Gasteiger partial charge in [0.05, 0.1) is 5.56 Å². The van der Waals surface area contributed by atoms with E-state index >= 15 is 0 Å². The minimum absolute atomic E-state index is 0.322. The summed E-state index contributed by atoms with van der Waals surface area (Å²) in [5.41, 5.74) is 7.71. The molecule has 0 fully saturated rings. The molecule has 0 saturated carbocycles. The zero-order valence-corrected chi connectivity index (χ0v) is 9.99. The predicted molar refractivity (Wildman–Crippen MR) is 64.4 cm³/mol. The molecular weight excluding hydrogens is 204 g/mol. The SMILES string of the molecule is Cc1cc(N)cc(C(=O)OCCN(C)C)c1. The van der Waals surface area contributed by atoms with Gasteiger partial charge in [-0.15, -0.1) is 0 Å². The lowest BCUT2D eigenvalue weighted by Gasteiger charge is -2.10. The van der Waals surface area contributed by atoms with Crippen molar-refractivity contribution in [3.05, 3.63) is 29.3 Å². The van der Waals surface area contributed by atoms with Crippen LogP contribution in [0.5, 0.6) is 0 Å². The maximum Gasteiger partial charge on any atom is 0.338 e. The summed E-state index contributed by atoms with van der Waals surface area (Å²) in [6.07, 6.45) is 0. The van der Waals surface area contributed by atoms with Crippen LogP contribution >= 0.6 is 0 Å². The van der Waals surface area contributed by atoms with Crippen molar-refractivity contribution < 1.29 is 9.53 Å². The van der Waals surface area contributed by atoms with Crippen LogP contribution < -0.4 is 5.73 Å². The Kier molecular flexibility index (Phi) is 4.31. The first kappa shape index (κ1) is 12.5. The van der Waals surface area contributed by atoms with E-state index in [2.05, 4.69) is 0 Å². The minimum atomic E-state index is -0.322. The molecule has 1 aromatic carbocycles. The second-order valence-electron chi connectivity index (χ2n) is 4.07. The Balaban J connectivity index is 2.59. The molecule has 4 nitrogen and oxygen atoms in total. The van der Waals surface area contributed by atoms with Crippen molar-refractivity contribution in [2.24, 2.45) is 0 Å². The van der Waals surface area contributed by atoms with Crippen LogP contribution in [0.2, 0.25) is 0 Å². The first-order chi connectivity index (χ1) is 7.49. The largest absolute Gasteiger partial charge is 0.461 e. The van der Waals surface area contributed by atoms with E-state index in [1.54, 1.807) is 12.1 Å². The number of carbonyl (C=O) groups excluding carboxylic acids is 1. The molecule has 0 amide bonds. The topological polar surface area (TPSA) is 55.6 Å². The fourth-order valence-corrected chi connectivity index (χ4v) is 1.33. The van der Waals surface area contributed by atoms with Gasteiger partial charge in [0.2, 0.25) is 0 Å². The predicted octanol–water partition coefficient (Wildman–Crippen LogP) is 1.30. The number of nitrogen functional groups attached to an aromatic ring is 1. The molecular formula is C12H18N2O2. The number of hydrogen-bond donors (Lipinski definition) is 1. The number of carbonyl (C=O) groups is 1. The number of hydrogen-bond acceptors (Lipinski definition) is 4. The number of likely N-dealkylation sites (N-methyl/N-ethyl adjacent to an activating group) is 1. The minimum Gasteiger partial charge on any atom is -0.461 e. The highest BCUT2D eigenvalue weighted by Crippen LogP contribution is 2.12. The van der Waals surface area contributed by atoms with Crippen LogP contribution in [0.25, 0.3) is 0 Å². The molecule has 0 saturated heterocycles. The zero-order valence-electron chi connectivity index (χ0n) is 9.99. The monoisotopic (exact) mass is 222 g/mol. The fourth-order valence-electron chi connectivity index (χ4n) is 1.33. The van der Waals surface area contributed by atoms with E-state index in [1.165, 1.54) is 0 Å². The number of nitrogens with zero attached hydrogens (tertiary/aromatic N) is 1. The summed E-state index contributed by atoms with van der Waals surface area (Å²) in [7, 11) is 3.86. The van der Waals surface area contributed by atoms with Gasteiger partial charge in [-0.1, -0.05) is 0 Å². The Morgan fingerprint density at radius 1 is 1.38 bits per heavy atom. The molecule has 0 spiro atoms. The summed E-state index contributed by atoms with van der Waals surface area (Å²) >= 11 is 0. The fraction of sp³-hybridized carbons (Fsp3) is 0.417. The molecule has 0 aliphatic carbocycles. The highest BCUT2D eigenvalue weighted by atomic mass is 16.5. The number of aryl methyl sites for hydroxylation is 1. The molecule has 2 N–H and O–H groups in total. The van der Waals surface area contributed by atoms with Crippen molar-refractivity contribution in [2.45, 2.75) is 6.92 Å². The van der Waals surface area contributed by atoms with Crippen molar-refractivity contribution in [1.82, 2.24) is 4.90 Å². The van der Waals surface area contributed by atoms with Crippen LogP contribution in [0.15, 0.2) is 18.2 Å². The lowest BCUT2D eigenvalue weighted by molar-refractivity contribution is 0.0482. The third kappa shape index (κ3) is 3.90. The van der Waals surface area contributed by atoms with E-state index < -0.39 is 0 Å². The van der Waals surface area contributed by atoms with Gasteiger partial charge in [-0.05, 0) is 44.8 Å². The Morgan fingerprint density at radius 2 is 2.06 bits per heavy atom. The average Bonchev–Trinajstić information content (AvgIpc) is 2.15. The molecule has 88 valence electrons. The number of ether oxygens (including phenoxy) is 1. The standard InChI is InChI=1S/C12H18N2O2/c1-9-6-10(8-11(13)7-9)12(15)16-5-4-14(2)3/h6-8H,4-5,13H2,1-3H3. The molecule has 0 aliphatic rings. The smallest absolute Gasteiger partial charge is 0.338 e. The van der Waals surface area contributed by atoms with E-state index in [4.69, 9.17) is 10.5 Å². The summed E-state index contributed by atoms with van der Waals surface area (Å²) in [4.78, 5) is 13.6. The molecule has 16 heavy (non-hydrogen) atoms. The Morgan fingerprint density at radius 3 is 2.62 bits per heavy atom. The summed E-state index contributed by atoms with van der Waals surface area (Å²) in [5, 5.41) is 0. The summed E-state index contributed by atoms with van der Waals surface area (Å²) < 4.78 is 5.11. The highest BCUT2D eigenvalue weighted by Gasteiger charge is 2.08. The first-order valence-electron chi connectivity index (χ1n) is 5.18. The van der Waals surface area contributed by atoms with Gasteiger partial charge in [-0.2, -0.15) is 0 Å². The second kappa shape index (κ2) is 5.51. The van der Waals surface area contributed by atoms with Crippen molar-refractivity contribution in [3.63, 3.8) is 0 Å². The van der Waals surface area contributed by atoms with Gasteiger partial charge in [-0.3, -0.25) is 0 Å². The summed E-state index contributed by atoms with van der Waals surface area (Å²) in [6.45, 7) is 3.00. The van der Waals surface area contributed by atoms with Crippen LogP contribution in [0.4, 0.5) is 5.69 Å². The molecule has 4 heteroatoms. The van der Waals surface area contributed by atoms with Crippen molar-refractivity contribution >= 4 is 11.7 Å². The molecule has 0 bridgehead atoms. The number of anilines is 1. The highest BCUT2D eigenvalue weighted by molar-refractivity contribution is 5.90. The van der Waals surface area contributed by atoms with Crippen molar-refractivity contribution in [2.75, 3.05) is 33.0 Å². The normalized spacial score (nSPS) is 10.5. The third-order valence-electron chi connectivity index (χ3n) is 2.11. The Hall–Kier alpha value is -1.55. The Bertz CT molecular complexity index is 355. The van der Waals surface area contributed by atoms with Crippen LogP contribution in [0, 0.1) is 6.92 Å². The number of esters is 1. The van der Waals surface area contributed by atoms with Gasteiger partial charge in [-0.25, -0.2) is 4.79 Å². The van der Waals surface area contributed by atoms with Gasteiger partial charge >= 0.3 is 5.97 Å². The number of benzene rings is 1. The quantitative estimate of drug-likeness (QED) is 0.616. The average molecular weight is 222 g/mol. The lowest BCUT2D eigenvalue weighted by atomic mass is 10.1. The number of rotatable bonds is 4. The van der Waals surface area contributed by atoms with Gasteiger partial charge < -0.3 is 15.4 Å². The maximum absolute atomic E-state index is 11.6. The van der Waals surface area contributed by atoms with Crippen LogP contribution in [0.1, 0.15) is 15.9 Å². The maximum atomic E-state index is 11.6. The summed E-state index contributed by atoms with van der Waals surface area (Å²) in [6, 6.07) is 5.22. The zero-order chi connectivity index (χ0) is 12.1. The van der Waals surface area contributed by atoms with Gasteiger partial charge in [0.15, 0.2) is 0 Å². The van der Waals surface area contributed by atoms with Crippen LogP contribution in [-0.4, -0.2) is 38.1 Å². The van der Waals surface area contributed by atoms with E-state index in [-0.39, 0.29) is 5.97 Å². The third-order valence-corrected chi connectivity index (χ3v) is 2.11. The van der Waals surface area contributed by atoms with Gasteiger partial charge in [0.25, 0.3) is 0 Å². The van der Waals surface area contributed by atoms with Crippen LogP contribution in [0.3, 0.4) is 0 Å². The van der Waals surface area contributed by atoms with Crippen molar-refractivity contribution in [3.8, 4) is 0 Å². The molecule has 0 unspecified atom stereocenters. The first-order valence-corrected chi connectivity index (χ1v) is 5.18. The molecule has 0 radical (unpaired) electrons. The van der Waals surface area contributed by atoms with E-state index in [0.29, 0.717) is 24.4 Å². The number of nitrogens with two attached hydrogens (primary N) is 1. The summed E-state index contributed by atoms with van der Waals surface area (Å²) in [5.74, 6) is -0.322. The van der Waals surface area contributed by atoms with Crippen LogP contribution in [-0.2, 0) is 4.74 Å².